The van der Waals surface area contributed by atoms with Crippen molar-refractivity contribution in [3.05, 3.63) is 29.3 Å². The second-order valence-electron chi connectivity index (χ2n) is 3.18. The number of methoxy groups -OCH3 is 1. The van der Waals surface area contributed by atoms with Gasteiger partial charge < -0.3 is 16.3 Å². The first-order valence-electron chi connectivity index (χ1n) is 4.75. The molecule has 0 spiro atoms. The quantitative estimate of drug-likeness (QED) is 0.232. The van der Waals surface area contributed by atoms with Crippen LogP contribution < -0.4 is 16.3 Å². The average Bonchev–Trinajstić information content (AvgIpc) is 2.35. The highest BCUT2D eigenvalue weighted by Crippen LogP contribution is 2.19. The molecule has 5 N–H and O–H groups in total. The van der Waals surface area contributed by atoms with Crippen LogP contribution in [0.1, 0.15) is 11.1 Å². The molecule has 6 heteroatoms. The minimum atomic E-state index is 0.271. The van der Waals surface area contributed by atoms with Gasteiger partial charge in [-0.15, -0.1) is 5.11 Å². The van der Waals surface area contributed by atoms with Crippen LogP contribution in [-0.4, -0.2) is 12.9 Å². The lowest BCUT2D eigenvalue weighted by Gasteiger charge is -2.08. The van der Waals surface area contributed by atoms with Crippen LogP contribution >= 0.6 is 0 Å². The maximum atomic E-state index is 6.85. The van der Waals surface area contributed by atoms with Gasteiger partial charge in [0.2, 0.25) is 0 Å². The molecule has 0 bridgehead atoms. The Kier molecular flexibility index (Phi) is 4.41. The van der Waals surface area contributed by atoms with E-state index in [9.17, 15) is 0 Å². The maximum Gasteiger partial charge on any atom is 0.174 e. The Morgan fingerprint density at radius 2 is 2.25 bits per heavy atom. The smallest absolute Gasteiger partial charge is 0.174 e. The van der Waals surface area contributed by atoms with E-state index < -0.39 is 0 Å². The Hall–Kier alpha value is -1.95. The van der Waals surface area contributed by atoms with Crippen LogP contribution in [0, 0.1) is 5.53 Å². The van der Waals surface area contributed by atoms with Gasteiger partial charge in [0.05, 0.1) is 7.11 Å². The molecule has 1 aromatic carbocycles. The first-order valence-corrected chi connectivity index (χ1v) is 4.75. The Labute approximate surface area is 93.8 Å². The number of rotatable bonds is 4. The Morgan fingerprint density at radius 1 is 1.50 bits per heavy atom. The van der Waals surface area contributed by atoms with Crippen LogP contribution in [0.15, 0.2) is 28.4 Å². The van der Waals surface area contributed by atoms with Crippen molar-refractivity contribution >= 4 is 5.84 Å². The Bertz CT molecular complexity index is 402. The number of ether oxygens (including phenoxy) is 1. The normalized spacial score (nSPS) is 11.2. The van der Waals surface area contributed by atoms with Gasteiger partial charge in [-0.25, -0.2) is 5.53 Å². The van der Waals surface area contributed by atoms with E-state index in [1.165, 1.54) is 0 Å². The third-order valence-corrected chi connectivity index (χ3v) is 2.21. The number of hydrogen-bond donors (Lipinski definition) is 3. The molecule has 16 heavy (non-hydrogen) atoms. The molecule has 0 aliphatic carbocycles. The lowest BCUT2D eigenvalue weighted by atomic mass is 10.1. The molecule has 1 aromatic rings. The Balaban J connectivity index is 2.95. The van der Waals surface area contributed by atoms with Crippen LogP contribution in [0.4, 0.5) is 0 Å². The summed E-state index contributed by atoms with van der Waals surface area (Å²) in [5.41, 5.74) is 14.3. The molecular formula is C10H15N5O. The fourth-order valence-electron chi connectivity index (χ4n) is 1.40. The van der Waals surface area contributed by atoms with E-state index >= 15 is 0 Å². The minimum Gasteiger partial charge on any atom is -0.496 e. The molecule has 0 aromatic heterocycles. The van der Waals surface area contributed by atoms with E-state index in [0.29, 0.717) is 13.0 Å². The van der Waals surface area contributed by atoms with Gasteiger partial charge >= 0.3 is 0 Å². The van der Waals surface area contributed by atoms with E-state index in [1.807, 2.05) is 18.2 Å². The van der Waals surface area contributed by atoms with Crippen LogP contribution in [0.25, 0.3) is 0 Å². The lowest BCUT2D eigenvalue weighted by Crippen LogP contribution is -2.05. The van der Waals surface area contributed by atoms with E-state index in [-0.39, 0.29) is 5.84 Å². The summed E-state index contributed by atoms with van der Waals surface area (Å²) in [6.45, 7) is 0.393. The van der Waals surface area contributed by atoms with Gasteiger partial charge in [0.1, 0.15) is 5.75 Å². The van der Waals surface area contributed by atoms with Crippen molar-refractivity contribution in [3.8, 4) is 5.75 Å². The molecule has 0 saturated carbocycles. The van der Waals surface area contributed by atoms with E-state index in [1.54, 1.807) is 7.11 Å². The number of amidine groups is 1. The highest BCUT2D eigenvalue weighted by atomic mass is 16.5. The fraction of sp³-hybridized carbons (Fsp3) is 0.300. The number of hydrogen-bond acceptors (Lipinski definition) is 5. The van der Waals surface area contributed by atoms with Gasteiger partial charge in [0, 0.05) is 18.5 Å². The van der Waals surface area contributed by atoms with Gasteiger partial charge in [-0.1, -0.05) is 12.1 Å². The van der Waals surface area contributed by atoms with Crippen LogP contribution in [0.2, 0.25) is 0 Å². The van der Waals surface area contributed by atoms with Gasteiger partial charge in [0.25, 0.3) is 0 Å². The van der Waals surface area contributed by atoms with E-state index in [0.717, 1.165) is 16.9 Å². The van der Waals surface area contributed by atoms with Crippen molar-refractivity contribution in [2.45, 2.75) is 13.0 Å². The van der Waals surface area contributed by atoms with Gasteiger partial charge in [-0.2, -0.15) is 5.10 Å². The second-order valence-corrected chi connectivity index (χ2v) is 3.18. The van der Waals surface area contributed by atoms with E-state index in [4.69, 9.17) is 21.8 Å². The second kappa shape index (κ2) is 5.82. The molecule has 0 aliphatic heterocycles. The first kappa shape index (κ1) is 12.1. The highest BCUT2D eigenvalue weighted by molar-refractivity contribution is 5.84. The SMILES string of the molecule is COc1ccc(C/C(N=N)=N/N)cc1CN. The topological polar surface area (TPSA) is 110 Å². The summed E-state index contributed by atoms with van der Waals surface area (Å²) in [4.78, 5) is 0. The van der Waals surface area contributed by atoms with E-state index in [2.05, 4.69) is 10.2 Å². The summed E-state index contributed by atoms with van der Waals surface area (Å²) in [6, 6.07) is 5.60. The summed E-state index contributed by atoms with van der Waals surface area (Å²) in [6.07, 6.45) is 0.414. The van der Waals surface area contributed by atoms with Crippen molar-refractivity contribution < 1.29 is 4.74 Å². The lowest BCUT2D eigenvalue weighted by molar-refractivity contribution is 0.409. The molecule has 0 unspecified atom stereocenters. The molecule has 0 saturated heterocycles. The van der Waals surface area contributed by atoms with Crippen molar-refractivity contribution in [3.63, 3.8) is 0 Å². The fourth-order valence-corrected chi connectivity index (χ4v) is 1.40. The van der Waals surface area contributed by atoms with Crippen LogP contribution in [0.3, 0.4) is 0 Å². The van der Waals surface area contributed by atoms with Crippen LogP contribution in [0.5, 0.6) is 5.75 Å². The van der Waals surface area contributed by atoms with Gasteiger partial charge in [-0.05, 0) is 11.6 Å². The zero-order valence-corrected chi connectivity index (χ0v) is 9.10. The standard InChI is InChI=1S/C10H15N5O/c1-16-9-3-2-7(4-8(9)6-11)5-10(14-12)15-13/h2-4,12H,5-6,11,13H2,1H3/b14-12?,15-10-. The van der Waals surface area contributed by atoms with Crippen molar-refractivity contribution in [2.75, 3.05) is 7.11 Å². The molecular weight excluding hydrogens is 206 g/mol. The minimum absolute atomic E-state index is 0.271. The summed E-state index contributed by atoms with van der Waals surface area (Å²) in [5, 5.41) is 6.61. The molecule has 1 rings (SSSR count). The monoisotopic (exact) mass is 221 g/mol. The number of nitrogens with zero attached hydrogens (tertiary/aromatic N) is 2. The predicted octanol–water partition coefficient (Wildman–Crippen LogP) is 1.000. The zero-order valence-electron chi connectivity index (χ0n) is 9.10. The number of hydrazone groups is 1. The molecule has 0 heterocycles. The molecule has 0 amide bonds. The van der Waals surface area contributed by atoms with Gasteiger partial charge in [0.15, 0.2) is 5.84 Å². The molecule has 86 valence electrons. The summed E-state index contributed by atoms with van der Waals surface area (Å²) >= 11 is 0. The summed E-state index contributed by atoms with van der Waals surface area (Å²) < 4.78 is 5.15. The van der Waals surface area contributed by atoms with Gasteiger partial charge in [-0.3, -0.25) is 0 Å². The predicted molar refractivity (Wildman–Crippen MR) is 61.4 cm³/mol. The molecule has 0 atom stereocenters. The largest absolute Gasteiger partial charge is 0.496 e. The van der Waals surface area contributed by atoms with Crippen molar-refractivity contribution in [2.24, 2.45) is 21.8 Å². The highest BCUT2D eigenvalue weighted by Gasteiger charge is 2.05. The first-order chi connectivity index (χ1) is 7.74. The Morgan fingerprint density at radius 3 is 2.75 bits per heavy atom. The summed E-state index contributed by atoms with van der Waals surface area (Å²) in [5.74, 6) is 6.10. The third-order valence-electron chi connectivity index (χ3n) is 2.21. The molecule has 0 radical (unpaired) electrons. The molecule has 0 fully saturated rings. The number of benzene rings is 1. The molecule has 6 nitrogen and oxygen atoms in total. The summed E-state index contributed by atoms with van der Waals surface area (Å²) in [7, 11) is 1.60. The number of nitrogens with one attached hydrogen (secondary N) is 1. The average molecular weight is 221 g/mol. The third kappa shape index (κ3) is 2.77. The maximum absolute atomic E-state index is 6.85. The van der Waals surface area contributed by atoms with Crippen LogP contribution in [-0.2, 0) is 13.0 Å². The molecule has 0 aliphatic rings. The van der Waals surface area contributed by atoms with Crippen molar-refractivity contribution in [1.82, 2.24) is 0 Å². The zero-order chi connectivity index (χ0) is 12.0. The number of nitrogens with two attached hydrogens (primary N) is 2. The van der Waals surface area contributed by atoms with Crippen molar-refractivity contribution in [1.29, 1.82) is 5.53 Å².